The minimum absolute atomic E-state index is 0.0248. The molecule has 0 radical (unpaired) electrons. The van der Waals surface area contributed by atoms with Gasteiger partial charge in [0.05, 0.1) is 12.8 Å². The predicted molar refractivity (Wildman–Crippen MR) is 83.5 cm³/mol. The molecule has 0 bridgehead atoms. The summed E-state index contributed by atoms with van der Waals surface area (Å²) in [5.41, 5.74) is 0.308. The topological polar surface area (TPSA) is 67.9 Å². The maximum Gasteiger partial charge on any atom is 0.448 e. The van der Waals surface area contributed by atoms with Crippen LogP contribution in [0.25, 0.3) is 0 Å². The maximum atomic E-state index is 13.9. The summed E-state index contributed by atoms with van der Waals surface area (Å²) in [6.07, 6.45) is -1.91. The van der Waals surface area contributed by atoms with Gasteiger partial charge in [0, 0.05) is 16.8 Å². The standard InChI is InChI=1S/C15H12ClFN2O4/c1-22-14(20)18-11-3-2-4-13(9-11)23-15(21)19(17)12-7-5-10(16)6-8-12/h2-9H,1H3,(H,18,20). The minimum atomic E-state index is -1.23. The van der Waals surface area contributed by atoms with Crippen molar-refractivity contribution in [3.8, 4) is 5.75 Å². The third-order valence-electron chi connectivity index (χ3n) is 2.68. The van der Waals surface area contributed by atoms with Crippen LogP contribution in [0.4, 0.5) is 25.4 Å². The molecule has 0 atom stereocenters. The summed E-state index contributed by atoms with van der Waals surface area (Å²) in [6, 6.07) is 11.4. The summed E-state index contributed by atoms with van der Waals surface area (Å²) >= 11 is 5.69. The van der Waals surface area contributed by atoms with Gasteiger partial charge in [0.1, 0.15) is 5.75 Å². The molecule has 0 heterocycles. The first kappa shape index (κ1) is 16.6. The van der Waals surface area contributed by atoms with Crippen LogP contribution in [0.1, 0.15) is 0 Å². The van der Waals surface area contributed by atoms with Crippen molar-refractivity contribution in [2.24, 2.45) is 0 Å². The molecule has 0 saturated carbocycles. The number of ether oxygens (including phenoxy) is 2. The Morgan fingerprint density at radius 1 is 1.17 bits per heavy atom. The first-order valence-electron chi connectivity index (χ1n) is 6.38. The average molecular weight is 339 g/mol. The Hall–Kier alpha value is -2.80. The quantitative estimate of drug-likeness (QED) is 0.842. The lowest BCUT2D eigenvalue weighted by Gasteiger charge is -2.12. The van der Waals surface area contributed by atoms with Gasteiger partial charge in [-0.15, -0.1) is 5.12 Å². The Bertz CT molecular complexity index is 709. The Balaban J connectivity index is 2.06. The van der Waals surface area contributed by atoms with E-state index in [1.54, 1.807) is 6.07 Å². The summed E-state index contributed by atoms with van der Waals surface area (Å²) < 4.78 is 23.3. The minimum Gasteiger partial charge on any atom is -0.453 e. The van der Waals surface area contributed by atoms with E-state index in [1.165, 1.54) is 49.6 Å². The van der Waals surface area contributed by atoms with Gasteiger partial charge in [0.25, 0.3) is 0 Å². The molecule has 0 spiro atoms. The molecule has 1 N–H and O–H groups in total. The highest BCUT2D eigenvalue weighted by Crippen LogP contribution is 2.22. The van der Waals surface area contributed by atoms with Crippen LogP contribution in [0, 0.1) is 0 Å². The van der Waals surface area contributed by atoms with Crippen molar-refractivity contribution in [2.75, 3.05) is 17.5 Å². The molecule has 2 aromatic rings. The molecule has 0 fully saturated rings. The highest BCUT2D eigenvalue weighted by atomic mass is 35.5. The lowest BCUT2D eigenvalue weighted by molar-refractivity contribution is 0.187. The average Bonchev–Trinajstić information content (AvgIpc) is 2.55. The second-order valence-electron chi connectivity index (χ2n) is 4.27. The number of benzene rings is 2. The number of nitrogens with zero attached hydrogens (tertiary/aromatic N) is 1. The summed E-state index contributed by atoms with van der Waals surface area (Å²) in [5.74, 6) is 0.0560. The molecule has 0 aromatic heterocycles. The van der Waals surface area contributed by atoms with Crippen LogP contribution in [0.2, 0.25) is 5.02 Å². The fourth-order valence-electron chi connectivity index (χ4n) is 1.62. The summed E-state index contributed by atoms with van der Waals surface area (Å²) in [4.78, 5) is 22.9. The van der Waals surface area contributed by atoms with Crippen molar-refractivity contribution >= 4 is 35.2 Å². The predicted octanol–water partition coefficient (Wildman–Crippen LogP) is 4.41. The van der Waals surface area contributed by atoms with Gasteiger partial charge in [0.2, 0.25) is 0 Å². The first-order chi connectivity index (χ1) is 11.0. The van der Waals surface area contributed by atoms with Crippen LogP contribution in [-0.4, -0.2) is 19.3 Å². The van der Waals surface area contributed by atoms with E-state index in [0.717, 1.165) is 0 Å². The zero-order valence-corrected chi connectivity index (χ0v) is 12.7. The van der Waals surface area contributed by atoms with Gasteiger partial charge in [-0.2, -0.15) is 0 Å². The monoisotopic (exact) mass is 338 g/mol. The second kappa shape index (κ2) is 7.46. The first-order valence-corrected chi connectivity index (χ1v) is 6.75. The number of carbonyl (C=O) groups is 2. The molecule has 8 heteroatoms. The number of nitrogens with one attached hydrogen (secondary N) is 1. The molecule has 2 amide bonds. The van der Waals surface area contributed by atoms with E-state index in [-0.39, 0.29) is 16.6 Å². The SMILES string of the molecule is COC(=O)Nc1cccc(OC(=O)N(F)c2ccc(Cl)cc2)c1. The van der Waals surface area contributed by atoms with Crippen molar-refractivity contribution < 1.29 is 23.5 Å². The van der Waals surface area contributed by atoms with Gasteiger partial charge in [0.15, 0.2) is 0 Å². The van der Waals surface area contributed by atoms with Crippen molar-refractivity contribution in [1.82, 2.24) is 0 Å². The summed E-state index contributed by atoms with van der Waals surface area (Å²) in [5, 5.41) is 2.66. The highest BCUT2D eigenvalue weighted by Gasteiger charge is 2.18. The molecule has 0 aliphatic carbocycles. The number of methoxy groups -OCH3 is 1. The van der Waals surface area contributed by atoms with Gasteiger partial charge in [-0.3, -0.25) is 5.32 Å². The number of hydrogen-bond acceptors (Lipinski definition) is 4. The van der Waals surface area contributed by atoms with Crippen LogP contribution >= 0.6 is 11.6 Å². The fourth-order valence-corrected chi connectivity index (χ4v) is 1.75. The Labute approximate surface area is 136 Å². The molecule has 23 heavy (non-hydrogen) atoms. The number of rotatable bonds is 3. The molecule has 6 nitrogen and oxygen atoms in total. The zero-order chi connectivity index (χ0) is 16.8. The summed E-state index contributed by atoms with van der Waals surface area (Å²) in [7, 11) is 1.21. The second-order valence-corrected chi connectivity index (χ2v) is 4.71. The van der Waals surface area contributed by atoms with Crippen molar-refractivity contribution in [1.29, 1.82) is 0 Å². The Kier molecular flexibility index (Phi) is 5.37. The molecular formula is C15H12ClFN2O4. The molecule has 0 aliphatic heterocycles. The molecule has 0 aliphatic rings. The zero-order valence-electron chi connectivity index (χ0n) is 12.0. The van der Waals surface area contributed by atoms with Gasteiger partial charge < -0.3 is 9.47 Å². The maximum absolute atomic E-state index is 13.9. The van der Waals surface area contributed by atoms with Gasteiger partial charge in [-0.1, -0.05) is 22.1 Å². The molecule has 0 saturated heterocycles. The lowest BCUT2D eigenvalue weighted by Crippen LogP contribution is -2.25. The van der Waals surface area contributed by atoms with Crippen LogP contribution in [0.3, 0.4) is 0 Å². The molecule has 120 valence electrons. The molecule has 0 unspecified atom stereocenters. The van der Waals surface area contributed by atoms with Crippen molar-refractivity contribution in [3.63, 3.8) is 0 Å². The normalized spacial score (nSPS) is 9.87. The van der Waals surface area contributed by atoms with Gasteiger partial charge in [-0.05, 0) is 36.4 Å². The van der Waals surface area contributed by atoms with E-state index in [2.05, 4.69) is 10.1 Å². The smallest absolute Gasteiger partial charge is 0.448 e. The third kappa shape index (κ3) is 4.58. The number of hydrogen-bond donors (Lipinski definition) is 1. The third-order valence-corrected chi connectivity index (χ3v) is 2.94. The van der Waals surface area contributed by atoms with E-state index in [0.29, 0.717) is 10.7 Å². The van der Waals surface area contributed by atoms with E-state index in [1.807, 2.05) is 0 Å². The number of amides is 2. The van der Waals surface area contributed by atoms with Crippen molar-refractivity contribution in [3.05, 3.63) is 53.6 Å². The Morgan fingerprint density at radius 3 is 2.52 bits per heavy atom. The number of carbonyl (C=O) groups excluding carboxylic acids is 2. The molecule has 2 aromatic carbocycles. The fraction of sp³-hybridized carbons (Fsp3) is 0.0667. The van der Waals surface area contributed by atoms with Crippen LogP contribution in [0.5, 0.6) is 5.75 Å². The highest BCUT2D eigenvalue weighted by molar-refractivity contribution is 6.30. The number of anilines is 2. The lowest BCUT2D eigenvalue weighted by atomic mass is 10.3. The van der Waals surface area contributed by atoms with E-state index in [9.17, 15) is 14.1 Å². The van der Waals surface area contributed by atoms with Crippen LogP contribution < -0.4 is 15.2 Å². The van der Waals surface area contributed by atoms with Crippen LogP contribution in [0.15, 0.2) is 48.5 Å². The number of halogens is 2. The van der Waals surface area contributed by atoms with E-state index >= 15 is 0 Å². The van der Waals surface area contributed by atoms with E-state index < -0.39 is 12.2 Å². The Morgan fingerprint density at radius 2 is 1.87 bits per heavy atom. The largest absolute Gasteiger partial charge is 0.453 e. The van der Waals surface area contributed by atoms with Gasteiger partial charge in [-0.25, -0.2) is 9.59 Å². The molecular weight excluding hydrogens is 327 g/mol. The van der Waals surface area contributed by atoms with Crippen molar-refractivity contribution in [2.45, 2.75) is 0 Å². The van der Waals surface area contributed by atoms with Gasteiger partial charge >= 0.3 is 12.2 Å². The summed E-state index contributed by atoms with van der Waals surface area (Å²) in [6.45, 7) is 0. The van der Waals surface area contributed by atoms with Crippen LogP contribution in [-0.2, 0) is 4.74 Å². The van der Waals surface area contributed by atoms with E-state index in [4.69, 9.17) is 16.3 Å². The molecule has 2 rings (SSSR count).